The van der Waals surface area contributed by atoms with Crippen molar-refractivity contribution in [3.8, 4) is 11.3 Å². The minimum atomic E-state index is 0.436. The molecule has 0 aliphatic heterocycles. The number of rotatable bonds is 5. The summed E-state index contributed by atoms with van der Waals surface area (Å²) in [5, 5.41) is 9.83. The van der Waals surface area contributed by atoms with Crippen LogP contribution in [0.5, 0.6) is 0 Å². The van der Waals surface area contributed by atoms with Crippen LogP contribution in [0.4, 0.5) is 5.82 Å². The van der Waals surface area contributed by atoms with Crippen molar-refractivity contribution in [3.05, 3.63) is 95.9 Å². The highest BCUT2D eigenvalue weighted by molar-refractivity contribution is 5.78. The molecule has 3 heterocycles. The Morgan fingerprint density at radius 1 is 0.931 bits per heavy atom. The second-order valence-electron chi connectivity index (χ2n) is 6.97. The Morgan fingerprint density at radius 2 is 1.76 bits per heavy atom. The van der Waals surface area contributed by atoms with Crippen molar-refractivity contribution in [3.63, 3.8) is 0 Å². The minimum Gasteiger partial charge on any atom is -0.383 e. The lowest BCUT2D eigenvalue weighted by Gasteiger charge is -2.05. The predicted molar refractivity (Wildman–Crippen MR) is 112 cm³/mol. The van der Waals surface area contributed by atoms with Gasteiger partial charge in [0.05, 0.1) is 29.5 Å². The molecule has 0 saturated carbocycles. The molecule has 3 aromatic heterocycles. The molecule has 0 saturated heterocycles. The quantitative estimate of drug-likeness (QED) is 0.491. The first kappa shape index (κ1) is 17.2. The van der Waals surface area contributed by atoms with E-state index < -0.39 is 0 Å². The number of pyridine rings is 1. The summed E-state index contributed by atoms with van der Waals surface area (Å²) in [6.45, 7) is 0.738. The molecule has 142 valence electrons. The predicted octanol–water partition coefficient (Wildman–Crippen LogP) is 4.31. The van der Waals surface area contributed by atoms with E-state index in [0.717, 1.165) is 34.3 Å². The number of benzene rings is 2. The summed E-state index contributed by atoms with van der Waals surface area (Å²) in [7, 11) is 0. The minimum absolute atomic E-state index is 0.436. The summed E-state index contributed by atoms with van der Waals surface area (Å²) in [6.07, 6.45) is 4.25. The van der Waals surface area contributed by atoms with Crippen LogP contribution in [0.3, 0.4) is 0 Å². The number of hydrogen-bond acceptors (Lipinski definition) is 5. The lowest BCUT2D eigenvalue weighted by Crippen LogP contribution is -2.01. The molecule has 0 spiro atoms. The van der Waals surface area contributed by atoms with Crippen LogP contribution in [0.1, 0.15) is 16.8 Å². The van der Waals surface area contributed by atoms with Gasteiger partial charge in [0.25, 0.3) is 0 Å². The van der Waals surface area contributed by atoms with Crippen LogP contribution in [-0.2, 0) is 13.0 Å². The third kappa shape index (κ3) is 3.48. The van der Waals surface area contributed by atoms with Gasteiger partial charge in [0, 0.05) is 24.1 Å². The molecule has 6 heteroatoms. The summed E-state index contributed by atoms with van der Waals surface area (Å²) in [5.41, 5.74) is 11.0. The van der Waals surface area contributed by atoms with Crippen LogP contribution < -0.4 is 5.73 Å². The van der Waals surface area contributed by atoms with Crippen LogP contribution in [0, 0.1) is 0 Å². The van der Waals surface area contributed by atoms with Gasteiger partial charge in [-0.05, 0) is 29.3 Å². The third-order valence-corrected chi connectivity index (χ3v) is 4.95. The first-order chi connectivity index (χ1) is 14.3. The Labute approximate surface area is 167 Å². The SMILES string of the molecule is Nc1ncccc1-c1cc(Cc2ccc(Cn3ncc4ccccc43)cc2)no1. The molecule has 2 N–H and O–H groups in total. The molecular formula is C23H19N5O. The molecular weight excluding hydrogens is 362 g/mol. The maximum Gasteiger partial charge on any atom is 0.170 e. The van der Waals surface area contributed by atoms with Crippen molar-refractivity contribution in [2.75, 3.05) is 5.73 Å². The number of hydrogen-bond donors (Lipinski definition) is 1. The fourth-order valence-electron chi connectivity index (χ4n) is 3.44. The standard InChI is InChI=1S/C23H19N5O/c24-23-20(5-3-11-25-23)22-13-19(27-29-22)12-16-7-9-17(10-8-16)15-28-21-6-2-1-4-18(21)14-26-28/h1-11,13-14H,12,15H2,(H2,24,25). The third-order valence-electron chi connectivity index (χ3n) is 4.95. The zero-order chi connectivity index (χ0) is 19.6. The molecule has 0 unspecified atom stereocenters. The number of nitrogens with two attached hydrogens (primary N) is 1. The largest absolute Gasteiger partial charge is 0.383 e. The number of aromatic nitrogens is 4. The molecule has 2 aromatic carbocycles. The molecule has 0 aliphatic rings. The molecule has 5 rings (SSSR count). The lowest BCUT2D eigenvalue weighted by molar-refractivity contribution is 0.425. The van der Waals surface area contributed by atoms with Crippen molar-refractivity contribution in [2.45, 2.75) is 13.0 Å². The monoisotopic (exact) mass is 381 g/mol. The first-order valence-electron chi connectivity index (χ1n) is 9.41. The van der Waals surface area contributed by atoms with Crippen LogP contribution in [-0.4, -0.2) is 19.9 Å². The van der Waals surface area contributed by atoms with Gasteiger partial charge in [0.15, 0.2) is 5.76 Å². The van der Waals surface area contributed by atoms with Gasteiger partial charge in [-0.3, -0.25) is 4.68 Å². The molecule has 5 aromatic rings. The van der Waals surface area contributed by atoms with Gasteiger partial charge in [-0.2, -0.15) is 5.10 Å². The summed E-state index contributed by atoms with van der Waals surface area (Å²) >= 11 is 0. The topological polar surface area (TPSA) is 82.8 Å². The first-order valence-corrected chi connectivity index (χ1v) is 9.41. The highest BCUT2D eigenvalue weighted by Gasteiger charge is 2.11. The Balaban J connectivity index is 1.30. The molecule has 6 nitrogen and oxygen atoms in total. The number of nitrogens with zero attached hydrogens (tertiary/aromatic N) is 4. The summed E-state index contributed by atoms with van der Waals surface area (Å²) < 4.78 is 7.48. The fraction of sp³-hybridized carbons (Fsp3) is 0.0870. The maximum absolute atomic E-state index is 5.92. The summed E-state index contributed by atoms with van der Waals surface area (Å²) in [5.74, 6) is 1.07. The van der Waals surface area contributed by atoms with Gasteiger partial charge in [0.2, 0.25) is 0 Å². The average molecular weight is 381 g/mol. The van der Waals surface area contributed by atoms with E-state index >= 15 is 0 Å². The van der Waals surface area contributed by atoms with E-state index in [1.807, 2.05) is 41.2 Å². The number of para-hydroxylation sites is 1. The lowest BCUT2D eigenvalue weighted by atomic mass is 10.1. The highest BCUT2D eigenvalue weighted by Crippen LogP contribution is 2.25. The van der Waals surface area contributed by atoms with Crippen LogP contribution in [0.25, 0.3) is 22.2 Å². The Hall–Kier alpha value is -3.93. The van der Waals surface area contributed by atoms with Gasteiger partial charge in [-0.1, -0.05) is 47.6 Å². The van der Waals surface area contributed by atoms with Gasteiger partial charge in [0.1, 0.15) is 5.82 Å². The molecule has 0 bridgehead atoms. The van der Waals surface area contributed by atoms with E-state index in [4.69, 9.17) is 10.3 Å². The van der Waals surface area contributed by atoms with E-state index in [1.165, 1.54) is 5.56 Å². The molecule has 0 atom stereocenters. The highest BCUT2D eigenvalue weighted by atomic mass is 16.5. The summed E-state index contributed by atoms with van der Waals surface area (Å²) in [4.78, 5) is 4.09. The van der Waals surface area contributed by atoms with Gasteiger partial charge in [-0.15, -0.1) is 0 Å². The average Bonchev–Trinajstić information content (AvgIpc) is 3.37. The van der Waals surface area contributed by atoms with E-state index in [-0.39, 0.29) is 0 Å². The smallest absolute Gasteiger partial charge is 0.170 e. The van der Waals surface area contributed by atoms with Gasteiger partial charge < -0.3 is 10.3 Å². The van der Waals surface area contributed by atoms with Crippen molar-refractivity contribution >= 4 is 16.7 Å². The Morgan fingerprint density at radius 3 is 2.62 bits per heavy atom. The van der Waals surface area contributed by atoms with E-state index in [2.05, 4.69) is 51.6 Å². The van der Waals surface area contributed by atoms with Crippen molar-refractivity contribution in [2.24, 2.45) is 0 Å². The summed E-state index contributed by atoms with van der Waals surface area (Å²) in [6, 6.07) is 22.4. The number of nitrogen functional groups attached to an aromatic ring is 1. The number of anilines is 1. The van der Waals surface area contributed by atoms with Crippen molar-refractivity contribution in [1.82, 2.24) is 19.9 Å². The van der Waals surface area contributed by atoms with E-state index in [9.17, 15) is 0 Å². The number of fused-ring (bicyclic) bond motifs is 1. The van der Waals surface area contributed by atoms with Crippen molar-refractivity contribution in [1.29, 1.82) is 0 Å². The van der Waals surface area contributed by atoms with Gasteiger partial charge in [-0.25, -0.2) is 4.98 Å². The van der Waals surface area contributed by atoms with Crippen LogP contribution in [0.15, 0.2) is 83.6 Å². The zero-order valence-corrected chi connectivity index (χ0v) is 15.7. The van der Waals surface area contributed by atoms with Crippen LogP contribution in [0.2, 0.25) is 0 Å². The molecule has 0 radical (unpaired) electrons. The Bertz CT molecular complexity index is 1270. The second kappa shape index (κ2) is 7.24. The van der Waals surface area contributed by atoms with Crippen molar-refractivity contribution < 1.29 is 4.52 Å². The Kier molecular flexibility index (Phi) is 4.29. The normalized spacial score (nSPS) is 11.2. The zero-order valence-electron chi connectivity index (χ0n) is 15.7. The second-order valence-corrected chi connectivity index (χ2v) is 6.97. The molecule has 0 fully saturated rings. The molecule has 0 amide bonds. The van der Waals surface area contributed by atoms with E-state index in [0.29, 0.717) is 18.0 Å². The molecule has 0 aliphatic carbocycles. The van der Waals surface area contributed by atoms with Gasteiger partial charge >= 0.3 is 0 Å². The van der Waals surface area contributed by atoms with Crippen LogP contribution >= 0.6 is 0 Å². The fourth-order valence-corrected chi connectivity index (χ4v) is 3.44. The molecule has 29 heavy (non-hydrogen) atoms. The maximum atomic E-state index is 5.92. The van der Waals surface area contributed by atoms with E-state index in [1.54, 1.807) is 6.20 Å².